The van der Waals surface area contributed by atoms with Crippen molar-refractivity contribution in [1.82, 2.24) is 15.1 Å². The maximum atomic E-state index is 12.6. The topological polar surface area (TPSA) is 72.9 Å². The number of carboxylic acid groups (broad SMARTS) is 1. The summed E-state index contributed by atoms with van der Waals surface area (Å²) in [7, 11) is 0. The van der Waals surface area contributed by atoms with E-state index < -0.39 is 12.0 Å². The Hall–Kier alpha value is -2.64. The SMILES string of the molecule is O=C(O)C(C1CCN(C(=O)/C=C/c2cccs2)CC1)N1CCC(C2=CN[C@]3(C=CC=CC3)C2)CC1. The number of carboxylic acids is 1. The van der Waals surface area contributed by atoms with Crippen LogP contribution in [-0.4, -0.2) is 64.5 Å². The zero-order valence-corrected chi connectivity index (χ0v) is 21.0. The van der Waals surface area contributed by atoms with Crippen LogP contribution in [0.5, 0.6) is 0 Å². The van der Waals surface area contributed by atoms with Crippen LogP contribution in [0.15, 0.2) is 59.7 Å². The molecule has 1 unspecified atom stereocenters. The van der Waals surface area contributed by atoms with E-state index in [2.05, 4.69) is 40.7 Å². The summed E-state index contributed by atoms with van der Waals surface area (Å²) < 4.78 is 0. The number of aliphatic carboxylic acids is 1. The number of hydrogen-bond donors (Lipinski definition) is 2. The Morgan fingerprint density at radius 1 is 1.14 bits per heavy atom. The van der Waals surface area contributed by atoms with E-state index in [4.69, 9.17) is 0 Å². The Morgan fingerprint density at radius 3 is 2.60 bits per heavy atom. The molecule has 4 aliphatic rings. The van der Waals surface area contributed by atoms with Crippen LogP contribution in [0.25, 0.3) is 6.08 Å². The zero-order valence-electron chi connectivity index (χ0n) is 20.1. The van der Waals surface area contributed by atoms with Crippen molar-refractivity contribution in [2.45, 2.75) is 50.1 Å². The van der Waals surface area contributed by atoms with Crippen LogP contribution in [0.1, 0.15) is 43.4 Å². The van der Waals surface area contributed by atoms with Gasteiger partial charge in [0.25, 0.3) is 0 Å². The third-order valence-corrected chi connectivity index (χ3v) is 8.98. The van der Waals surface area contributed by atoms with E-state index in [0.29, 0.717) is 19.0 Å². The summed E-state index contributed by atoms with van der Waals surface area (Å²) in [6.45, 7) is 2.90. The van der Waals surface area contributed by atoms with Gasteiger partial charge in [-0.25, -0.2) is 0 Å². The van der Waals surface area contributed by atoms with E-state index in [-0.39, 0.29) is 17.4 Å². The number of thiophene rings is 1. The second-order valence-electron chi connectivity index (χ2n) is 10.3. The van der Waals surface area contributed by atoms with Crippen LogP contribution in [0, 0.1) is 11.8 Å². The first kappa shape index (κ1) is 24.1. The van der Waals surface area contributed by atoms with Gasteiger partial charge in [-0.05, 0) is 92.7 Å². The maximum absolute atomic E-state index is 12.6. The van der Waals surface area contributed by atoms with Crippen LogP contribution in [-0.2, 0) is 9.59 Å². The first-order valence-corrected chi connectivity index (χ1v) is 13.7. The molecule has 7 heteroatoms. The predicted octanol–water partition coefficient (Wildman–Crippen LogP) is 4.30. The molecule has 0 aromatic carbocycles. The third kappa shape index (κ3) is 5.46. The molecule has 186 valence electrons. The number of nitrogens with zero attached hydrogens (tertiary/aromatic N) is 2. The highest BCUT2D eigenvalue weighted by molar-refractivity contribution is 7.10. The van der Waals surface area contributed by atoms with E-state index >= 15 is 0 Å². The van der Waals surface area contributed by atoms with Gasteiger partial charge in [0.05, 0.1) is 5.54 Å². The number of hydrogen-bond acceptors (Lipinski definition) is 5. The largest absolute Gasteiger partial charge is 0.480 e. The fourth-order valence-electron chi connectivity index (χ4n) is 6.15. The van der Waals surface area contributed by atoms with Gasteiger partial charge in [0.2, 0.25) is 5.91 Å². The van der Waals surface area contributed by atoms with Crippen molar-refractivity contribution in [1.29, 1.82) is 0 Å². The van der Waals surface area contributed by atoms with E-state index in [0.717, 1.165) is 56.5 Å². The van der Waals surface area contributed by atoms with E-state index in [9.17, 15) is 14.7 Å². The van der Waals surface area contributed by atoms with Crippen molar-refractivity contribution in [3.63, 3.8) is 0 Å². The summed E-state index contributed by atoms with van der Waals surface area (Å²) in [5.74, 6) is -0.0830. The molecule has 1 spiro atoms. The number of carbonyl (C=O) groups is 2. The lowest BCUT2D eigenvalue weighted by molar-refractivity contribution is -0.147. The quantitative estimate of drug-likeness (QED) is 0.578. The Labute approximate surface area is 211 Å². The predicted molar refractivity (Wildman–Crippen MR) is 140 cm³/mol. The van der Waals surface area contributed by atoms with E-state index in [1.165, 1.54) is 5.57 Å². The number of allylic oxidation sites excluding steroid dienone is 2. The van der Waals surface area contributed by atoms with Crippen LogP contribution in [0.4, 0.5) is 0 Å². The second-order valence-corrected chi connectivity index (χ2v) is 11.3. The average molecular weight is 494 g/mol. The Morgan fingerprint density at radius 2 is 1.94 bits per heavy atom. The molecule has 4 heterocycles. The van der Waals surface area contributed by atoms with Crippen LogP contribution in [0.2, 0.25) is 0 Å². The smallest absolute Gasteiger partial charge is 0.321 e. The molecule has 2 N–H and O–H groups in total. The number of nitrogens with one attached hydrogen (secondary N) is 1. The summed E-state index contributed by atoms with van der Waals surface area (Å²) in [6, 6.07) is 3.51. The molecule has 1 aromatic heterocycles. The molecule has 1 amide bonds. The van der Waals surface area contributed by atoms with Crippen molar-refractivity contribution < 1.29 is 14.7 Å². The number of piperidine rings is 2. The molecule has 2 atom stereocenters. The summed E-state index contributed by atoms with van der Waals surface area (Å²) in [5, 5.41) is 15.7. The van der Waals surface area contributed by atoms with E-state index in [1.54, 1.807) is 17.4 Å². The molecule has 6 nitrogen and oxygen atoms in total. The van der Waals surface area contributed by atoms with Gasteiger partial charge in [-0.15, -0.1) is 11.3 Å². The number of likely N-dealkylation sites (tertiary alicyclic amines) is 2. The number of amides is 1. The van der Waals surface area contributed by atoms with E-state index in [1.807, 2.05) is 28.5 Å². The second kappa shape index (κ2) is 10.5. The lowest BCUT2D eigenvalue weighted by Gasteiger charge is -2.42. The molecule has 1 aromatic rings. The molecule has 0 bridgehead atoms. The molecule has 1 aliphatic carbocycles. The van der Waals surface area contributed by atoms with Crippen LogP contribution in [0.3, 0.4) is 0 Å². The molecule has 0 saturated carbocycles. The van der Waals surface area contributed by atoms with Gasteiger partial charge in [0, 0.05) is 24.0 Å². The highest BCUT2D eigenvalue weighted by Crippen LogP contribution is 2.38. The minimum absolute atomic E-state index is 0.0176. The van der Waals surface area contributed by atoms with Gasteiger partial charge in [-0.3, -0.25) is 14.5 Å². The first-order chi connectivity index (χ1) is 17.0. The molecule has 2 fully saturated rings. The Kier molecular flexibility index (Phi) is 7.25. The Bertz CT molecular complexity index is 1030. The summed E-state index contributed by atoms with van der Waals surface area (Å²) in [4.78, 5) is 30.0. The zero-order chi connectivity index (χ0) is 24.3. The molecular weight excluding hydrogens is 458 g/mol. The minimum Gasteiger partial charge on any atom is -0.480 e. The van der Waals surface area contributed by atoms with Gasteiger partial charge < -0.3 is 15.3 Å². The normalized spacial score (nSPS) is 26.9. The summed E-state index contributed by atoms with van der Waals surface area (Å²) in [6.07, 6.45) is 20.0. The minimum atomic E-state index is -0.717. The highest BCUT2D eigenvalue weighted by atomic mass is 32.1. The van der Waals surface area contributed by atoms with Crippen LogP contribution >= 0.6 is 11.3 Å². The number of rotatable bonds is 6. The van der Waals surface area contributed by atoms with Gasteiger partial charge in [0.1, 0.15) is 6.04 Å². The van der Waals surface area contributed by atoms with Gasteiger partial charge in [-0.2, -0.15) is 0 Å². The molecule has 0 radical (unpaired) electrons. The molecule has 5 rings (SSSR count). The lowest BCUT2D eigenvalue weighted by atomic mass is 9.80. The molecule has 2 saturated heterocycles. The fourth-order valence-corrected chi connectivity index (χ4v) is 6.77. The first-order valence-electron chi connectivity index (χ1n) is 12.8. The third-order valence-electron chi connectivity index (χ3n) is 8.14. The molecular formula is C28H35N3O3S. The van der Waals surface area contributed by atoms with Crippen molar-refractivity contribution in [3.05, 3.63) is 64.5 Å². The Balaban J connectivity index is 1.12. The average Bonchev–Trinajstić information content (AvgIpc) is 3.54. The highest BCUT2D eigenvalue weighted by Gasteiger charge is 2.40. The number of carbonyl (C=O) groups excluding carboxylic acids is 1. The molecule has 3 aliphatic heterocycles. The van der Waals surface area contributed by atoms with Crippen molar-refractivity contribution >= 4 is 29.3 Å². The molecule has 35 heavy (non-hydrogen) atoms. The monoisotopic (exact) mass is 493 g/mol. The summed E-state index contributed by atoms with van der Waals surface area (Å²) >= 11 is 1.61. The van der Waals surface area contributed by atoms with Gasteiger partial charge in [0.15, 0.2) is 0 Å². The fraction of sp³-hybridized carbons (Fsp3) is 0.500. The van der Waals surface area contributed by atoms with Gasteiger partial charge >= 0.3 is 5.97 Å². The van der Waals surface area contributed by atoms with Crippen LogP contribution < -0.4 is 5.32 Å². The van der Waals surface area contributed by atoms with Crippen molar-refractivity contribution in [2.75, 3.05) is 26.2 Å². The van der Waals surface area contributed by atoms with Crippen molar-refractivity contribution in [2.24, 2.45) is 11.8 Å². The lowest BCUT2D eigenvalue weighted by Crippen LogP contribution is -2.52. The van der Waals surface area contributed by atoms with Crippen molar-refractivity contribution in [3.8, 4) is 0 Å². The summed E-state index contributed by atoms with van der Waals surface area (Å²) in [5.41, 5.74) is 1.54. The van der Waals surface area contributed by atoms with Gasteiger partial charge in [-0.1, -0.05) is 30.4 Å². The maximum Gasteiger partial charge on any atom is 0.321 e. The standard InChI is InChI=1S/C28H35N3O3S/c32-25(7-6-24-5-4-18-35-24)30-14-10-22(11-15-30)26(27(33)34)31-16-8-21(9-17-31)23-19-28(29-20-23)12-2-1-3-13-28/h1-7,12,18,20-22,26,29H,8-11,13-17,19H2,(H,33,34)/b7-6+/t26?,28-/m0/s1.